The Hall–Kier alpha value is -0.880. The highest BCUT2D eigenvalue weighted by Gasteiger charge is 2.34. The highest BCUT2D eigenvalue weighted by atomic mass is 32.1. The zero-order valence-electron chi connectivity index (χ0n) is 10.5. The fraction of sp³-hybridized carbons (Fsp3) is 0.583. The van der Waals surface area contributed by atoms with Gasteiger partial charge in [0.2, 0.25) is 0 Å². The normalized spacial score (nSPS) is 13.1. The Bertz CT molecular complexity index is 396. The molecule has 0 saturated carbocycles. The molecule has 6 heteroatoms. The van der Waals surface area contributed by atoms with E-state index in [1.54, 1.807) is 0 Å². The number of rotatable bonds is 6. The van der Waals surface area contributed by atoms with E-state index in [0.29, 0.717) is 16.2 Å². The van der Waals surface area contributed by atoms with E-state index in [1.807, 2.05) is 13.0 Å². The van der Waals surface area contributed by atoms with Gasteiger partial charge in [0.1, 0.15) is 0 Å². The van der Waals surface area contributed by atoms with Gasteiger partial charge in [0, 0.05) is 6.20 Å². The lowest BCUT2D eigenvalue weighted by atomic mass is 10.2. The Morgan fingerprint density at radius 1 is 1.44 bits per heavy atom. The molecule has 0 aliphatic carbocycles. The first kappa shape index (κ1) is 15.2. The summed E-state index contributed by atoms with van der Waals surface area (Å²) < 4.78 is 37.1. The Morgan fingerprint density at radius 3 is 2.72 bits per heavy atom. The summed E-state index contributed by atoms with van der Waals surface area (Å²) in [5.41, 5.74) is 0.848. The molecular formula is C12H17F3N2S. The predicted molar refractivity (Wildman–Crippen MR) is 68.5 cm³/mol. The highest BCUT2D eigenvalue weighted by Crippen LogP contribution is 2.34. The molecule has 1 N–H and O–H groups in total. The third-order valence-electron chi connectivity index (χ3n) is 2.34. The number of allylic oxidation sites excluding steroid dienone is 1. The maximum atomic E-state index is 12.4. The molecule has 0 atom stereocenters. The van der Waals surface area contributed by atoms with E-state index in [1.165, 1.54) is 6.20 Å². The average molecular weight is 278 g/mol. The summed E-state index contributed by atoms with van der Waals surface area (Å²) in [6, 6.07) is 0. The van der Waals surface area contributed by atoms with Gasteiger partial charge in [0.05, 0.1) is 4.88 Å². The minimum atomic E-state index is -4.34. The lowest BCUT2D eigenvalue weighted by Crippen LogP contribution is -2.15. The SMILES string of the molecule is CCCNCC/C=C(/C)c1cnc(C(F)(F)F)s1. The summed E-state index contributed by atoms with van der Waals surface area (Å²) in [4.78, 5) is 3.98. The molecule has 2 nitrogen and oxygen atoms in total. The van der Waals surface area contributed by atoms with Gasteiger partial charge in [-0.05, 0) is 38.4 Å². The minimum absolute atomic E-state index is 0.581. The topological polar surface area (TPSA) is 24.9 Å². The van der Waals surface area contributed by atoms with Crippen LogP contribution in [0.15, 0.2) is 12.3 Å². The molecule has 1 aromatic rings. The molecule has 1 heterocycles. The molecule has 0 bridgehead atoms. The largest absolute Gasteiger partial charge is 0.443 e. The molecule has 0 aromatic carbocycles. The molecule has 0 unspecified atom stereocenters. The van der Waals surface area contributed by atoms with Crippen molar-refractivity contribution in [2.24, 2.45) is 0 Å². The van der Waals surface area contributed by atoms with Gasteiger partial charge in [0.15, 0.2) is 5.01 Å². The highest BCUT2D eigenvalue weighted by molar-refractivity contribution is 7.12. The molecule has 0 amide bonds. The van der Waals surface area contributed by atoms with E-state index in [9.17, 15) is 13.2 Å². The lowest BCUT2D eigenvalue weighted by Gasteiger charge is -2.01. The van der Waals surface area contributed by atoms with E-state index in [0.717, 1.165) is 31.5 Å². The second-order valence-electron chi connectivity index (χ2n) is 3.95. The molecule has 1 rings (SSSR count). The maximum absolute atomic E-state index is 12.4. The van der Waals surface area contributed by atoms with Crippen LogP contribution in [0, 0.1) is 0 Å². The summed E-state index contributed by atoms with van der Waals surface area (Å²) in [6.45, 7) is 5.71. The van der Waals surface area contributed by atoms with Crippen molar-refractivity contribution in [3.05, 3.63) is 22.2 Å². The fourth-order valence-corrected chi connectivity index (χ4v) is 2.16. The van der Waals surface area contributed by atoms with Crippen LogP contribution in [-0.4, -0.2) is 18.1 Å². The summed E-state index contributed by atoms with van der Waals surface area (Å²) in [6.07, 6.45) is 0.776. The van der Waals surface area contributed by atoms with Gasteiger partial charge in [0.25, 0.3) is 0 Å². The number of aromatic nitrogens is 1. The third-order valence-corrected chi connectivity index (χ3v) is 3.51. The van der Waals surface area contributed by atoms with E-state index < -0.39 is 11.2 Å². The van der Waals surface area contributed by atoms with Crippen LogP contribution in [-0.2, 0) is 6.18 Å². The molecule has 1 aromatic heterocycles. The average Bonchev–Trinajstić information content (AvgIpc) is 2.77. The van der Waals surface area contributed by atoms with Crippen LogP contribution < -0.4 is 5.32 Å². The van der Waals surface area contributed by atoms with Gasteiger partial charge in [-0.1, -0.05) is 13.0 Å². The van der Waals surface area contributed by atoms with Crippen LogP contribution in [0.25, 0.3) is 5.57 Å². The first-order chi connectivity index (χ1) is 8.45. The number of nitrogens with zero attached hydrogens (tertiary/aromatic N) is 1. The fourth-order valence-electron chi connectivity index (χ4n) is 1.38. The molecule has 0 spiro atoms. The zero-order valence-corrected chi connectivity index (χ0v) is 11.3. The Morgan fingerprint density at radius 2 is 2.17 bits per heavy atom. The summed E-state index contributed by atoms with van der Waals surface area (Å²) >= 11 is 0.691. The Labute approximate surface area is 109 Å². The van der Waals surface area contributed by atoms with Gasteiger partial charge in [-0.15, -0.1) is 11.3 Å². The number of hydrogen-bond acceptors (Lipinski definition) is 3. The first-order valence-electron chi connectivity index (χ1n) is 5.86. The van der Waals surface area contributed by atoms with Crippen molar-refractivity contribution in [2.45, 2.75) is 32.9 Å². The summed E-state index contributed by atoms with van der Waals surface area (Å²) in [5.74, 6) is 0. The van der Waals surface area contributed by atoms with E-state index >= 15 is 0 Å². The van der Waals surface area contributed by atoms with Crippen LogP contribution >= 0.6 is 11.3 Å². The van der Waals surface area contributed by atoms with Crippen molar-refractivity contribution >= 4 is 16.9 Å². The second-order valence-corrected chi connectivity index (χ2v) is 4.98. The molecule has 102 valence electrons. The number of halogens is 3. The quantitative estimate of drug-likeness (QED) is 0.797. The lowest BCUT2D eigenvalue weighted by molar-refractivity contribution is -0.137. The number of alkyl halides is 3. The Kier molecular flexibility index (Phi) is 5.81. The zero-order chi connectivity index (χ0) is 13.6. The minimum Gasteiger partial charge on any atom is -0.316 e. The third kappa shape index (κ3) is 4.78. The van der Waals surface area contributed by atoms with Gasteiger partial charge in [-0.25, -0.2) is 4.98 Å². The molecule has 0 aliphatic heterocycles. The van der Waals surface area contributed by atoms with Gasteiger partial charge < -0.3 is 5.32 Å². The van der Waals surface area contributed by atoms with Crippen LogP contribution in [0.3, 0.4) is 0 Å². The van der Waals surface area contributed by atoms with Crippen molar-refractivity contribution in [1.29, 1.82) is 0 Å². The first-order valence-corrected chi connectivity index (χ1v) is 6.67. The predicted octanol–water partition coefficient (Wildman–Crippen LogP) is 3.95. The van der Waals surface area contributed by atoms with E-state index in [4.69, 9.17) is 0 Å². The Balaban J connectivity index is 2.53. The van der Waals surface area contributed by atoms with E-state index in [2.05, 4.69) is 17.2 Å². The van der Waals surface area contributed by atoms with Crippen LogP contribution in [0.2, 0.25) is 0 Å². The van der Waals surface area contributed by atoms with Crippen molar-refractivity contribution < 1.29 is 13.2 Å². The van der Waals surface area contributed by atoms with Crippen molar-refractivity contribution in [3.8, 4) is 0 Å². The second kappa shape index (κ2) is 6.89. The number of nitrogens with one attached hydrogen (secondary N) is 1. The van der Waals surface area contributed by atoms with Gasteiger partial charge in [-0.3, -0.25) is 0 Å². The molecule has 0 aliphatic rings. The molecule has 18 heavy (non-hydrogen) atoms. The number of thiazole rings is 1. The molecule has 0 fully saturated rings. The van der Waals surface area contributed by atoms with Crippen LogP contribution in [0.4, 0.5) is 13.2 Å². The smallest absolute Gasteiger partial charge is 0.316 e. The van der Waals surface area contributed by atoms with Crippen molar-refractivity contribution in [3.63, 3.8) is 0 Å². The summed E-state index contributed by atoms with van der Waals surface area (Å²) in [5, 5.41) is 2.45. The van der Waals surface area contributed by atoms with E-state index in [-0.39, 0.29) is 0 Å². The van der Waals surface area contributed by atoms with Crippen LogP contribution in [0.1, 0.15) is 36.6 Å². The summed E-state index contributed by atoms with van der Waals surface area (Å²) in [7, 11) is 0. The van der Waals surface area contributed by atoms with Crippen molar-refractivity contribution in [2.75, 3.05) is 13.1 Å². The number of hydrogen-bond donors (Lipinski definition) is 1. The van der Waals surface area contributed by atoms with Gasteiger partial charge >= 0.3 is 6.18 Å². The van der Waals surface area contributed by atoms with Gasteiger partial charge in [-0.2, -0.15) is 13.2 Å². The monoisotopic (exact) mass is 278 g/mol. The molecular weight excluding hydrogens is 261 g/mol. The molecule has 0 radical (unpaired) electrons. The molecule has 0 saturated heterocycles. The standard InChI is InChI=1S/C12H17F3N2S/c1-3-6-16-7-4-5-9(2)10-8-17-11(18-10)12(13,14)15/h5,8,16H,3-4,6-7H2,1-2H3/b9-5-. The van der Waals surface area contributed by atoms with Crippen LogP contribution in [0.5, 0.6) is 0 Å². The maximum Gasteiger partial charge on any atom is 0.443 e. The van der Waals surface area contributed by atoms with Crippen molar-refractivity contribution in [1.82, 2.24) is 10.3 Å².